The minimum absolute atomic E-state index is 0.554. The fourth-order valence-electron chi connectivity index (χ4n) is 2.70. The average Bonchev–Trinajstić information content (AvgIpc) is 3.24. The van der Waals surface area contributed by atoms with Crippen LogP contribution in [0.4, 0.5) is 0 Å². The first kappa shape index (κ1) is 19.5. The predicted molar refractivity (Wildman–Crippen MR) is 109 cm³/mol. The maximum atomic E-state index is 5.45. The molecule has 2 heterocycles. The molecule has 0 aliphatic carbocycles. The summed E-state index contributed by atoms with van der Waals surface area (Å²) < 4.78 is 5.45. The van der Waals surface area contributed by atoms with E-state index in [0.29, 0.717) is 6.54 Å². The molecule has 0 fully saturated rings. The summed E-state index contributed by atoms with van der Waals surface area (Å²) in [5.41, 5.74) is 3.97. The summed E-state index contributed by atoms with van der Waals surface area (Å²) in [6.07, 6.45) is 8.27. The van der Waals surface area contributed by atoms with Crippen molar-refractivity contribution in [3.8, 4) is 0 Å². The van der Waals surface area contributed by atoms with Gasteiger partial charge in [0.15, 0.2) is 0 Å². The molecule has 0 spiro atoms. The second-order valence-corrected chi connectivity index (χ2v) is 7.30. The normalized spacial score (nSPS) is 12.7. The highest BCUT2D eigenvalue weighted by Crippen LogP contribution is 2.28. The highest BCUT2D eigenvalue weighted by atomic mass is 32.1. The minimum Gasteiger partial charge on any atom is -0.467 e. The third kappa shape index (κ3) is 5.08. The zero-order valence-corrected chi connectivity index (χ0v) is 16.9. The molecule has 25 heavy (non-hydrogen) atoms. The number of hydrogen-bond donors (Lipinski definition) is 1. The number of furan rings is 1. The van der Waals surface area contributed by atoms with Crippen LogP contribution in [0.5, 0.6) is 0 Å². The fraction of sp³-hybridized carbons (Fsp3) is 0.476. The molecule has 0 aliphatic rings. The number of nitrogens with zero attached hydrogens (tertiary/aromatic N) is 1. The number of aliphatic imine (C=N–C) groups is 1. The Morgan fingerprint density at radius 1 is 1.24 bits per heavy atom. The Bertz CT molecular complexity index is 723. The molecule has 2 rings (SSSR count). The topological polar surface area (TPSA) is 37.5 Å². The molecule has 4 heteroatoms. The molecular formula is C21H30N2OS. The summed E-state index contributed by atoms with van der Waals surface area (Å²) in [6.45, 7) is 11.6. The molecule has 2 aromatic heterocycles. The SMILES string of the molecule is CCC/C=C(\CC)NC(=NCc1ccco1)c1sc(CC)c(C)c1C. The number of thiophene rings is 1. The second kappa shape index (κ2) is 9.62. The van der Waals surface area contributed by atoms with Gasteiger partial charge in [-0.15, -0.1) is 11.3 Å². The summed E-state index contributed by atoms with van der Waals surface area (Å²) in [5.74, 6) is 1.85. The van der Waals surface area contributed by atoms with Gasteiger partial charge in [-0.3, -0.25) is 4.99 Å². The summed E-state index contributed by atoms with van der Waals surface area (Å²) in [5, 5.41) is 3.60. The van der Waals surface area contributed by atoms with Gasteiger partial charge in [-0.05, 0) is 56.4 Å². The van der Waals surface area contributed by atoms with Crippen LogP contribution >= 0.6 is 11.3 Å². The van der Waals surface area contributed by atoms with E-state index in [1.807, 2.05) is 23.5 Å². The Balaban J connectivity index is 2.36. The van der Waals surface area contributed by atoms with Crippen LogP contribution in [0.15, 0.2) is 39.6 Å². The molecule has 0 saturated carbocycles. The van der Waals surface area contributed by atoms with Gasteiger partial charge in [0.2, 0.25) is 0 Å². The van der Waals surface area contributed by atoms with E-state index in [-0.39, 0.29) is 0 Å². The summed E-state index contributed by atoms with van der Waals surface area (Å²) in [4.78, 5) is 7.55. The molecule has 0 unspecified atom stereocenters. The number of amidine groups is 1. The standard InChI is InChI=1S/C21H30N2OS/c1-6-9-11-17(7-2)23-21(22-14-18-12-10-13-24-18)20-16(5)15(4)19(8-3)25-20/h10-13H,6-9,14H2,1-5H3,(H,22,23)/b17-11+. The highest BCUT2D eigenvalue weighted by molar-refractivity contribution is 7.14. The van der Waals surface area contributed by atoms with E-state index in [2.05, 4.69) is 46.0 Å². The van der Waals surface area contributed by atoms with Crippen molar-refractivity contribution < 1.29 is 4.42 Å². The predicted octanol–water partition coefficient (Wildman–Crippen LogP) is 6.15. The number of unbranched alkanes of at least 4 members (excludes halogenated alkanes) is 1. The van der Waals surface area contributed by atoms with E-state index in [1.165, 1.54) is 26.6 Å². The molecule has 3 nitrogen and oxygen atoms in total. The average molecular weight is 359 g/mol. The van der Waals surface area contributed by atoms with Crippen LogP contribution in [0.2, 0.25) is 0 Å². The van der Waals surface area contributed by atoms with Gasteiger partial charge in [-0.25, -0.2) is 0 Å². The number of rotatable bonds is 8. The molecule has 0 atom stereocenters. The van der Waals surface area contributed by atoms with Crippen molar-refractivity contribution in [2.75, 3.05) is 0 Å². The summed E-state index contributed by atoms with van der Waals surface area (Å²) in [6, 6.07) is 3.88. The first-order valence-electron chi connectivity index (χ1n) is 9.22. The van der Waals surface area contributed by atoms with Crippen LogP contribution in [0.3, 0.4) is 0 Å². The number of nitrogens with one attached hydrogen (secondary N) is 1. The first-order valence-corrected chi connectivity index (χ1v) is 10.0. The van der Waals surface area contributed by atoms with Gasteiger partial charge in [0, 0.05) is 10.6 Å². The zero-order valence-electron chi connectivity index (χ0n) is 16.1. The number of allylic oxidation sites excluding steroid dienone is 2. The lowest BCUT2D eigenvalue weighted by Gasteiger charge is -2.12. The third-order valence-corrected chi connectivity index (χ3v) is 5.94. The van der Waals surface area contributed by atoms with Gasteiger partial charge < -0.3 is 9.73 Å². The van der Waals surface area contributed by atoms with E-state index < -0.39 is 0 Å². The highest BCUT2D eigenvalue weighted by Gasteiger charge is 2.16. The molecule has 0 bridgehead atoms. The fourth-order valence-corrected chi connectivity index (χ4v) is 3.92. The maximum Gasteiger partial charge on any atom is 0.143 e. The Labute approximate surface area is 155 Å². The van der Waals surface area contributed by atoms with E-state index in [1.54, 1.807) is 6.26 Å². The van der Waals surface area contributed by atoms with Gasteiger partial charge >= 0.3 is 0 Å². The van der Waals surface area contributed by atoms with Gasteiger partial charge in [0.1, 0.15) is 11.6 Å². The molecule has 136 valence electrons. The van der Waals surface area contributed by atoms with Gasteiger partial charge in [0.25, 0.3) is 0 Å². The molecule has 2 aromatic rings. The second-order valence-electron chi connectivity index (χ2n) is 6.20. The van der Waals surface area contributed by atoms with Crippen LogP contribution < -0.4 is 5.32 Å². The van der Waals surface area contributed by atoms with Crippen LogP contribution in [0.1, 0.15) is 66.7 Å². The Morgan fingerprint density at radius 3 is 2.60 bits per heavy atom. The van der Waals surface area contributed by atoms with Gasteiger partial charge in [-0.1, -0.05) is 33.3 Å². The van der Waals surface area contributed by atoms with Gasteiger partial charge in [-0.2, -0.15) is 0 Å². The van der Waals surface area contributed by atoms with Crippen molar-refractivity contribution in [2.45, 2.75) is 66.8 Å². The van der Waals surface area contributed by atoms with Crippen LogP contribution in [0, 0.1) is 13.8 Å². The summed E-state index contributed by atoms with van der Waals surface area (Å²) >= 11 is 1.86. The molecule has 0 aromatic carbocycles. The molecule has 0 aliphatic heterocycles. The Kier molecular flexibility index (Phi) is 7.51. The third-order valence-electron chi connectivity index (χ3n) is 4.40. The van der Waals surface area contributed by atoms with Crippen molar-refractivity contribution in [1.29, 1.82) is 0 Å². The van der Waals surface area contributed by atoms with Crippen molar-refractivity contribution in [2.24, 2.45) is 4.99 Å². The molecule has 1 N–H and O–H groups in total. The Hall–Kier alpha value is -1.81. The zero-order chi connectivity index (χ0) is 18.2. The van der Waals surface area contributed by atoms with E-state index >= 15 is 0 Å². The van der Waals surface area contributed by atoms with Gasteiger partial charge in [0.05, 0.1) is 17.7 Å². The van der Waals surface area contributed by atoms with Crippen molar-refractivity contribution in [3.63, 3.8) is 0 Å². The lowest BCUT2D eigenvalue weighted by atomic mass is 10.1. The lowest BCUT2D eigenvalue weighted by Crippen LogP contribution is -2.24. The smallest absolute Gasteiger partial charge is 0.143 e. The first-order chi connectivity index (χ1) is 12.1. The molecular weight excluding hydrogens is 328 g/mol. The quantitative estimate of drug-likeness (QED) is 0.454. The van der Waals surface area contributed by atoms with E-state index in [4.69, 9.17) is 9.41 Å². The van der Waals surface area contributed by atoms with Crippen molar-refractivity contribution in [3.05, 3.63) is 56.8 Å². The van der Waals surface area contributed by atoms with Crippen LogP contribution in [0.25, 0.3) is 0 Å². The van der Waals surface area contributed by atoms with E-state index in [9.17, 15) is 0 Å². The molecule has 0 amide bonds. The number of hydrogen-bond acceptors (Lipinski definition) is 3. The van der Waals surface area contributed by atoms with Crippen LogP contribution in [-0.4, -0.2) is 5.84 Å². The summed E-state index contributed by atoms with van der Waals surface area (Å²) in [7, 11) is 0. The van der Waals surface area contributed by atoms with E-state index in [0.717, 1.165) is 37.3 Å². The maximum absolute atomic E-state index is 5.45. The van der Waals surface area contributed by atoms with Crippen molar-refractivity contribution in [1.82, 2.24) is 5.32 Å². The monoisotopic (exact) mass is 358 g/mol. The lowest BCUT2D eigenvalue weighted by molar-refractivity contribution is 0.512. The molecule has 0 radical (unpaired) electrons. The minimum atomic E-state index is 0.554. The molecule has 0 saturated heterocycles. The number of aryl methyl sites for hydroxylation is 1. The largest absolute Gasteiger partial charge is 0.467 e. The van der Waals surface area contributed by atoms with Crippen molar-refractivity contribution >= 4 is 17.2 Å². The van der Waals surface area contributed by atoms with Crippen LogP contribution in [-0.2, 0) is 13.0 Å². The Morgan fingerprint density at radius 2 is 2.04 bits per heavy atom.